The van der Waals surface area contributed by atoms with E-state index in [-0.39, 0.29) is 18.0 Å². The predicted molar refractivity (Wildman–Crippen MR) is 52.0 cm³/mol. The summed E-state index contributed by atoms with van der Waals surface area (Å²) < 4.78 is 39.3. The number of nitrogens with two attached hydrogens (primary N) is 1. The second-order valence-electron chi connectivity index (χ2n) is 4.13. The molecule has 1 aliphatic carbocycles. The first kappa shape index (κ1) is 11.4. The van der Waals surface area contributed by atoms with Crippen LogP contribution >= 0.6 is 0 Å². The van der Waals surface area contributed by atoms with Crippen molar-refractivity contribution in [2.75, 3.05) is 6.54 Å². The normalized spacial score (nSPS) is 19.6. The van der Waals surface area contributed by atoms with E-state index >= 15 is 0 Å². The number of hydrogen-bond acceptors (Lipinski definition) is 2. The lowest BCUT2D eigenvalue weighted by atomic mass is 9.88. The van der Waals surface area contributed by atoms with Crippen LogP contribution in [0.15, 0.2) is 12.1 Å². The van der Waals surface area contributed by atoms with Crippen LogP contribution in [-0.4, -0.2) is 11.7 Å². The highest BCUT2D eigenvalue weighted by molar-refractivity contribution is 5.29. The van der Waals surface area contributed by atoms with Crippen molar-refractivity contribution in [3.05, 3.63) is 35.1 Å². The molecule has 2 nitrogen and oxygen atoms in total. The minimum absolute atomic E-state index is 0.170. The molecule has 88 valence electrons. The zero-order valence-corrected chi connectivity index (χ0v) is 8.51. The molecule has 0 spiro atoms. The lowest BCUT2D eigenvalue weighted by Gasteiger charge is -2.27. The van der Waals surface area contributed by atoms with Crippen molar-refractivity contribution in [2.45, 2.75) is 18.4 Å². The van der Waals surface area contributed by atoms with Crippen LogP contribution in [0.3, 0.4) is 0 Å². The summed E-state index contributed by atoms with van der Waals surface area (Å²) in [6.07, 6.45) is 1.43. The van der Waals surface area contributed by atoms with Gasteiger partial charge < -0.3 is 10.8 Å². The topological polar surface area (TPSA) is 46.2 Å². The summed E-state index contributed by atoms with van der Waals surface area (Å²) in [5.74, 6) is -4.35. The second-order valence-corrected chi connectivity index (χ2v) is 4.13. The van der Waals surface area contributed by atoms with Crippen molar-refractivity contribution in [3.8, 4) is 0 Å². The summed E-state index contributed by atoms with van der Waals surface area (Å²) in [5.41, 5.74) is 3.57. The van der Waals surface area contributed by atoms with E-state index in [4.69, 9.17) is 5.73 Å². The third-order valence-electron chi connectivity index (χ3n) is 3.07. The van der Waals surface area contributed by atoms with Gasteiger partial charge in [0.25, 0.3) is 0 Å². The standard InChI is InChI=1S/C11H12F3NO/c12-8-4-3-7(9(13)10(8)14)11(16,5-15)6-1-2-6/h3-4,6,16H,1-2,5,15H2. The summed E-state index contributed by atoms with van der Waals surface area (Å²) in [4.78, 5) is 0. The largest absolute Gasteiger partial charge is 0.383 e. The first-order valence-corrected chi connectivity index (χ1v) is 5.07. The Morgan fingerprint density at radius 1 is 1.25 bits per heavy atom. The van der Waals surface area contributed by atoms with Crippen LogP contribution in [0.1, 0.15) is 18.4 Å². The zero-order chi connectivity index (χ0) is 11.9. The fraction of sp³-hybridized carbons (Fsp3) is 0.455. The molecule has 1 aromatic carbocycles. The van der Waals surface area contributed by atoms with Gasteiger partial charge in [0, 0.05) is 12.1 Å². The number of rotatable bonds is 3. The molecule has 0 aliphatic heterocycles. The molecule has 1 saturated carbocycles. The Bertz CT molecular complexity index is 420. The molecule has 16 heavy (non-hydrogen) atoms. The lowest BCUT2D eigenvalue weighted by Crippen LogP contribution is -2.38. The lowest BCUT2D eigenvalue weighted by molar-refractivity contribution is 0.0179. The summed E-state index contributed by atoms with van der Waals surface area (Å²) >= 11 is 0. The Labute approximate surface area is 90.9 Å². The first-order valence-electron chi connectivity index (χ1n) is 5.07. The Morgan fingerprint density at radius 2 is 1.88 bits per heavy atom. The van der Waals surface area contributed by atoms with Crippen molar-refractivity contribution in [1.29, 1.82) is 0 Å². The minimum atomic E-state index is -1.58. The molecule has 0 heterocycles. The van der Waals surface area contributed by atoms with Gasteiger partial charge in [-0.1, -0.05) is 6.07 Å². The maximum Gasteiger partial charge on any atom is 0.194 e. The van der Waals surface area contributed by atoms with E-state index in [0.717, 1.165) is 12.1 Å². The highest BCUT2D eigenvalue weighted by atomic mass is 19.2. The summed E-state index contributed by atoms with van der Waals surface area (Å²) in [6, 6.07) is 1.86. The molecule has 5 heteroatoms. The van der Waals surface area contributed by atoms with Crippen LogP contribution in [0.25, 0.3) is 0 Å². The Morgan fingerprint density at radius 3 is 2.38 bits per heavy atom. The average Bonchev–Trinajstić information content (AvgIpc) is 3.09. The molecule has 0 aromatic heterocycles. The van der Waals surface area contributed by atoms with E-state index in [2.05, 4.69) is 0 Å². The van der Waals surface area contributed by atoms with Gasteiger partial charge in [-0.05, 0) is 24.8 Å². The second kappa shape index (κ2) is 3.75. The molecular formula is C11H12F3NO. The zero-order valence-electron chi connectivity index (χ0n) is 8.51. The number of hydrogen-bond donors (Lipinski definition) is 2. The van der Waals surface area contributed by atoms with Gasteiger partial charge in [0.2, 0.25) is 0 Å². The molecule has 0 radical (unpaired) electrons. The number of aliphatic hydroxyl groups is 1. The molecule has 0 saturated heterocycles. The first-order chi connectivity index (χ1) is 7.50. The fourth-order valence-electron chi connectivity index (χ4n) is 1.92. The van der Waals surface area contributed by atoms with E-state index < -0.39 is 23.1 Å². The van der Waals surface area contributed by atoms with Gasteiger partial charge in [0.15, 0.2) is 17.5 Å². The Hall–Kier alpha value is -1.07. The molecule has 1 unspecified atom stereocenters. The van der Waals surface area contributed by atoms with Crippen LogP contribution < -0.4 is 5.73 Å². The molecular weight excluding hydrogens is 219 g/mol. The summed E-state index contributed by atoms with van der Waals surface area (Å²) in [6.45, 7) is -0.209. The highest BCUT2D eigenvalue weighted by Gasteiger charge is 2.46. The van der Waals surface area contributed by atoms with Gasteiger partial charge in [0.05, 0.1) is 0 Å². The van der Waals surface area contributed by atoms with Crippen LogP contribution in [0.2, 0.25) is 0 Å². The molecule has 3 N–H and O–H groups in total. The average molecular weight is 231 g/mol. The van der Waals surface area contributed by atoms with Crippen LogP contribution in [0.5, 0.6) is 0 Å². The van der Waals surface area contributed by atoms with Gasteiger partial charge >= 0.3 is 0 Å². The van der Waals surface area contributed by atoms with E-state index in [1.807, 2.05) is 0 Å². The monoisotopic (exact) mass is 231 g/mol. The van der Waals surface area contributed by atoms with E-state index in [1.54, 1.807) is 0 Å². The third-order valence-corrected chi connectivity index (χ3v) is 3.07. The van der Waals surface area contributed by atoms with E-state index in [0.29, 0.717) is 12.8 Å². The Balaban J connectivity index is 2.50. The number of halogens is 3. The highest BCUT2D eigenvalue weighted by Crippen LogP contribution is 2.46. The van der Waals surface area contributed by atoms with Crippen molar-refractivity contribution >= 4 is 0 Å². The molecule has 1 atom stereocenters. The smallest absolute Gasteiger partial charge is 0.194 e. The molecule has 0 bridgehead atoms. The molecule has 0 amide bonds. The van der Waals surface area contributed by atoms with Crippen LogP contribution in [-0.2, 0) is 5.60 Å². The fourth-order valence-corrected chi connectivity index (χ4v) is 1.92. The molecule has 1 fully saturated rings. The van der Waals surface area contributed by atoms with Crippen molar-refractivity contribution < 1.29 is 18.3 Å². The quantitative estimate of drug-likeness (QED) is 0.777. The molecule has 1 aromatic rings. The summed E-state index contributed by atoms with van der Waals surface area (Å²) in [7, 11) is 0. The minimum Gasteiger partial charge on any atom is -0.383 e. The van der Waals surface area contributed by atoms with Crippen molar-refractivity contribution in [1.82, 2.24) is 0 Å². The predicted octanol–water partition coefficient (Wildman–Crippen LogP) is 1.66. The van der Waals surface area contributed by atoms with E-state index in [9.17, 15) is 18.3 Å². The molecule has 1 aliphatic rings. The van der Waals surface area contributed by atoms with Gasteiger partial charge in [-0.3, -0.25) is 0 Å². The van der Waals surface area contributed by atoms with Crippen LogP contribution in [0, 0.1) is 23.4 Å². The van der Waals surface area contributed by atoms with Crippen molar-refractivity contribution in [3.63, 3.8) is 0 Å². The summed E-state index contributed by atoms with van der Waals surface area (Å²) in [5, 5.41) is 10.2. The van der Waals surface area contributed by atoms with Gasteiger partial charge in [0.1, 0.15) is 5.60 Å². The number of benzene rings is 1. The molecule has 2 rings (SSSR count). The Kier molecular flexibility index (Phi) is 2.67. The van der Waals surface area contributed by atoms with Gasteiger partial charge in [-0.15, -0.1) is 0 Å². The van der Waals surface area contributed by atoms with Crippen molar-refractivity contribution in [2.24, 2.45) is 11.7 Å². The maximum atomic E-state index is 13.5. The van der Waals surface area contributed by atoms with Gasteiger partial charge in [-0.25, -0.2) is 13.2 Å². The van der Waals surface area contributed by atoms with Gasteiger partial charge in [-0.2, -0.15) is 0 Å². The van der Waals surface area contributed by atoms with E-state index in [1.165, 1.54) is 0 Å². The maximum absolute atomic E-state index is 13.5. The van der Waals surface area contributed by atoms with Crippen LogP contribution in [0.4, 0.5) is 13.2 Å². The third kappa shape index (κ3) is 1.60. The SMILES string of the molecule is NCC(O)(c1ccc(F)c(F)c1F)C1CC1.